The van der Waals surface area contributed by atoms with E-state index in [2.05, 4.69) is 17.2 Å². The molecular formula is C20H20ClNO4. The summed E-state index contributed by atoms with van der Waals surface area (Å²) in [4.78, 5) is 11.7. The van der Waals surface area contributed by atoms with E-state index >= 15 is 0 Å². The summed E-state index contributed by atoms with van der Waals surface area (Å²) in [6.45, 7) is 2.86. The highest BCUT2D eigenvalue weighted by Crippen LogP contribution is 2.22. The molecular weight excluding hydrogens is 354 g/mol. The predicted octanol–water partition coefficient (Wildman–Crippen LogP) is 3.32. The number of amides is 1. The number of para-hydroxylation sites is 1. The lowest BCUT2D eigenvalue weighted by Gasteiger charge is -2.07. The Hall–Kier alpha value is -2.84. The smallest absolute Gasteiger partial charge is 0.258 e. The van der Waals surface area contributed by atoms with E-state index in [9.17, 15) is 4.79 Å². The number of benzene rings is 2. The topological polar surface area (TPSA) is 56.8 Å². The van der Waals surface area contributed by atoms with Crippen LogP contribution in [0.4, 0.5) is 0 Å². The summed E-state index contributed by atoms with van der Waals surface area (Å²) in [6, 6.07) is 14.3. The second-order valence-electron chi connectivity index (χ2n) is 5.04. The van der Waals surface area contributed by atoms with E-state index in [1.807, 2.05) is 19.1 Å². The monoisotopic (exact) mass is 373 g/mol. The van der Waals surface area contributed by atoms with Crippen molar-refractivity contribution in [2.24, 2.45) is 0 Å². The van der Waals surface area contributed by atoms with Gasteiger partial charge in [0.25, 0.3) is 5.91 Å². The zero-order valence-corrected chi connectivity index (χ0v) is 15.2. The second kappa shape index (κ2) is 10.9. The number of carbonyl (C=O) groups is 1. The average Bonchev–Trinajstić information content (AvgIpc) is 2.65. The minimum Gasteiger partial charge on any atom is -0.494 e. The van der Waals surface area contributed by atoms with Gasteiger partial charge in [-0.05, 0) is 43.3 Å². The number of nitrogens with one attached hydrogen (secondary N) is 1. The molecule has 0 saturated carbocycles. The van der Waals surface area contributed by atoms with E-state index in [4.69, 9.17) is 25.8 Å². The Kier molecular flexibility index (Phi) is 8.17. The van der Waals surface area contributed by atoms with E-state index in [0.29, 0.717) is 23.1 Å². The molecule has 2 rings (SSSR count). The molecule has 136 valence electrons. The van der Waals surface area contributed by atoms with E-state index in [-0.39, 0.29) is 25.7 Å². The number of ether oxygens (including phenoxy) is 3. The first kappa shape index (κ1) is 19.5. The van der Waals surface area contributed by atoms with Gasteiger partial charge in [0.1, 0.15) is 23.9 Å². The van der Waals surface area contributed by atoms with Crippen molar-refractivity contribution in [3.05, 3.63) is 53.6 Å². The van der Waals surface area contributed by atoms with Gasteiger partial charge in [0.05, 0.1) is 18.2 Å². The van der Waals surface area contributed by atoms with Gasteiger partial charge in [0, 0.05) is 0 Å². The summed E-state index contributed by atoms with van der Waals surface area (Å²) >= 11 is 5.96. The molecule has 0 aromatic heterocycles. The average molecular weight is 374 g/mol. The second-order valence-corrected chi connectivity index (χ2v) is 5.45. The van der Waals surface area contributed by atoms with Crippen LogP contribution in [0.5, 0.6) is 17.2 Å². The van der Waals surface area contributed by atoms with Crippen molar-refractivity contribution in [2.75, 3.05) is 26.4 Å². The van der Waals surface area contributed by atoms with Crippen molar-refractivity contribution in [2.45, 2.75) is 6.92 Å². The molecule has 1 N–H and O–H groups in total. The molecule has 0 radical (unpaired) electrons. The fourth-order valence-corrected chi connectivity index (χ4v) is 2.12. The van der Waals surface area contributed by atoms with Crippen LogP contribution in [-0.2, 0) is 4.79 Å². The summed E-state index contributed by atoms with van der Waals surface area (Å²) in [5.41, 5.74) is 0. The van der Waals surface area contributed by atoms with E-state index in [0.717, 1.165) is 5.75 Å². The van der Waals surface area contributed by atoms with Crippen LogP contribution in [0.3, 0.4) is 0 Å². The highest BCUT2D eigenvalue weighted by atomic mass is 35.5. The van der Waals surface area contributed by atoms with Crippen molar-refractivity contribution in [1.82, 2.24) is 5.32 Å². The largest absolute Gasteiger partial charge is 0.494 e. The van der Waals surface area contributed by atoms with Crippen LogP contribution in [0.25, 0.3) is 0 Å². The molecule has 0 saturated heterocycles. The molecule has 0 aliphatic heterocycles. The molecule has 0 bridgehead atoms. The molecule has 0 spiro atoms. The Morgan fingerprint density at radius 1 is 1.00 bits per heavy atom. The molecule has 0 heterocycles. The first-order chi connectivity index (χ1) is 12.7. The fraction of sp³-hybridized carbons (Fsp3) is 0.250. The summed E-state index contributed by atoms with van der Waals surface area (Å²) in [6.07, 6.45) is 0. The van der Waals surface area contributed by atoms with Crippen molar-refractivity contribution < 1.29 is 19.0 Å². The fourth-order valence-electron chi connectivity index (χ4n) is 1.93. The third-order valence-electron chi connectivity index (χ3n) is 3.14. The van der Waals surface area contributed by atoms with Crippen molar-refractivity contribution in [3.63, 3.8) is 0 Å². The number of halogens is 1. The SMILES string of the molecule is CCOc1ccc(OCC(=O)NCC#CCOc2ccccc2Cl)cc1. The Morgan fingerprint density at radius 2 is 1.69 bits per heavy atom. The van der Waals surface area contributed by atoms with Gasteiger partial charge in [0.2, 0.25) is 0 Å². The number of hydrogen-bond acceptors (Lipinski definition) is 4. The Labute approximate surface area is 158 Å². The minimum atomic E-state index is -0.250. The van der Waals surface area contributed by atoms with Crippen LogP contribution >= 0.6 is 11.6 Å². The molecule has 6 heteroatoms. The molecule has 2 aromatic carbocycles. The summed E-state index contributed by atoms with van der Waals surface area (Å²) in [5, 5.41) is 3.19. The molecule has 0 aliphatic carbocycles. The number of rotatable bonds is 8. The lowest BCUT2D eigenvalue weighted by Crippen LogP contribution is -2.29. The van der Waals surface area contributed by atoms with Gasteiger partial charge in [-0.1, -0.05) is 35.6 Å². The molecule has 5 nitrogen and oxygen atoms in total. The third kappa shape index (κ3) is 6.96. The standard InChI is InChI=1S/C20H20ClNO4/c1-2-24-16-9-11-17(12-10-16)26-15-20(23)22-13-5-6-14-25-19-8-4-3-7-18(19)21/h3-4,7-12H,2,13-15H2,1H3,(H,22,23). The normalized spacial score (nSPS) is 9.62. The van der Waals surface area contributed by atoms with Crippen molar-refractivity contribution >= 4 is 17.5 Å². The maximum atomic E-state index is 11.7. The van der Waals surface area contributed by atoms with Gasteiger partial charge in [-0.2, -0.15) is 0 Å². The molecule has 2 aromatic rings. The number of carbonyl (C=O) groups excluding carboxylic acids is 1. The van der Waals surface area contributed by atoms with E-state index in [1.54, 1.807) is 36.4 Å². The van der Waals surface area contributed by atoms with Crippen LogP contribution in [-0.4, -0.2) is 32.3 Å². The molecule has 1 amide bonds. The van der Waals surface area contributed by atoms with Gasteiger partial charge in [-0.25, -0.2) is 0 Å². The summed E-state index contributed by atoms with van der Waals surface area (Å²) < 4.78 is 16.2. The first-order valence-electron chi connectivity index (χ1n) is 8.14. The van der Waals surface area contributed by atoms with Gasteiger partial charge < -0.3 is 19.5 Å². The Morgan fingerprint density at radius 3 is 2.38 bits per heavy atom. The minimum absolute atomic E-state index is 0.0776. The highest BCUT2D eigenvalue weighted by molar-refractivity contribution is 6.32. The quantitative estimate of drug-likeness (QED) is 0.721. The third-order valence-corrected chi connectivity index (χ3v) is 3.45. The lowest BCUT2D eigenvalue weighted by atomic mass is 10.3. The van der Waals surface area contributed by atoms with Crippen molar-refractivity contribution in [1.29, 1.82) is 0 Å². The van der Waals surface area contributed by atoms with Gasteiger partial charge in [-0.3, -0.25) is 4.79 Å². The van der Waals surface area contributed by atoms with Crippen LogP contribution < -0.4 is 19.5 Å². The Bertz CT molecular complexity index is 765. The van der Waals surface area contributed by atoms with Gasteiger partial charge in [0.15, 0.2) is 6.61 Å². The zero-order chi connectivity index (χ0) is 18.6. The van der Waals surface area contributed by atoms with E-state index in [1.165, 1.54) is 0 Å². The lowest BCUT2D eigenvalue weighted by molar-refractivity contribution is -0.122. The van der Waals surface area contributed by atoms with Gasteiger partial charge >= 0.3 is 0 Å². The molecule has 0 atom stereocenters. The van der Waals surface area contributed by atoms with Crippen LogP contribution in [0.2, 0.25) is 5.02 Å². The van der Waals surface area contributed by atoms with Crippen LogP contribution in [0.15, 0.2) is 48.5 Å². The molecule has 0 fully saturated rings. The summed E-state index contributed by atoms with van der Waals surface area (Å²) in [7, 11) is 0. The molecule has 0 aliphatic rings. The predicted molar refractivity (Wildman–Crippen MR) is 101 cm³/mol. The summed E-state index contributed by atoms with van der Waals surface area (Å²) in [5.74, 6) is 7.30. The van der Waals surface area contributed by atoms with E-state index < -0.39 is 0 Å². The van der Waals surface area contributed by atoms with Crippen LogP contribution in [0, 0.1) is 11.8 Å². The Balaban J connectivity index is 1.62. The first-order valence-corrected chi connectivity index (χ1v) is 8.52. The van der Waals surface area contributed by atoms with Gasteiger partial charge in [-0.15, -0.1) is 0 Å². The highest BCUT2D eigenvalue weighted by Gasteiger charge is 2.02. The maximum absolute atomic E-state index is 11.7. The van der Waals surface area contributed by atoms with Crippen molar-refractivity contribution in [3.8, 4) is 29.1 Å². The number of hydrogen-bond donors (Lipinski definition) is 1. The molecule has 0 unspecified atom stereocenters. The molecule has 26 heavy (non-hydrogen) atoms. The van der Waals surface area contributed by atoms with Crippen LogP contribution in [0.1, 0.15) is 6.92 Å². The maximum Gasteiger partial charge on any atom is 0.258 e. The zero-order valence-electron chi connectivity index (χ0n) is 14.5.